The molecule has 0 bridgehead atoms. The van der Waals surface area contributed by atoms with Crippen LogP contribution in [0.2, 0.25) is 5.02 Å². The van der Waals surface area contributed by atoms with Crippen LogP contribution in [-0.2, 0) is 0 Å². The average molecular weight is 372 g/mol. The van der Waals surface area contributed by atoms with Gasteiger partial charge in [0.05, 0.1) is 22.7 Å². The van der Waals surface area contributed by atoms with E-state index in [1.807, 2.05) is 68.4 Å². The number of rotatable bonds is 5. The zero-order valence-electron chi connectivity index (χ0n) is 14.2. The van der Waals surface area contributed by atoms with Crippen molar-refractivity contribution in [2.75, 3.05) is 14.1 Å². The van der Waals surface area contributed by atoms with Gasteiger partial charge in [-0.1, -0.05) is 41.9 Å². The van der Waals surface area contributed by atoms with Crippen LogP contribution in [0.25, 0.3) is 11.3 Å². The third kappa shape index (κ3) is 4.38. The maximum Gasteiger partial charge on any atom is 0.200 e. The number of nitrogens with zero attached hydrogens (tertiary/aromatic N) is 3. The van der Waals surface area contributed by atoms with Crippen molar-refractivity contribution in [1.29, 1.82) is 0 Å². The van der Waals surface area contributed by atoms with Gasteiger partial charge in [0.15, 0.2) is 0 Å². The first kappa shape index (κ1) is 17.5. The fourth-order valence-corrected chi connectivity index (χ4v) is 3.03. The molecule has 25 heavy (non-hydrogen) atoms. The van der Waals surface area contributed by atoms with Crippen LogP contribution in [0.15, 0.2) is 53.5 Å². The van der Waals surface area contributed by atoms with E-state index in [1.54, 1.807) is 12.4 Å². The molecule has 3 aromatic rings. The van der Waals surface area contributed by atoms with Gasteiger partial charge in [-0.15, -0.1) is 0 Å². The first-order valence-electron chi connectivity index (χ1n) is 7.73. The molecule has 0 radical (unpaired) electrons. The first-order chi connectivity index (χ1) is 12.0. The van der Waals surface area contributed by atoms with Gasteiger partial charge in [0.1, 0.15) is 5.75 Å². The number of ether oxygens (including phenoxy) is 1. The molecule has 2 aromatic carbocycles. The molecule has 0 N–H and O–H groups in total. The molecular formula is C19H18ClN3OS. The van der Waals surface area contributed by atoms with Gasteiger partial charge < -0.3 is 9.64 Å². The van der Waals surface area contributed by atoms with Crippen LogP contribution < -0.4 is 4.74 Å². The maximum atomic E-state index is 6.33. The SMILES string of the molecule is Cc1cc(N=CN(C)C)c(Cl)cc1Oc1cc(-c2ccccc2)ns1. The van der Waals surface area contributed by atoms with Gasteiger partial charge in [-0.25, -0.2) is 4.99 Å². The van der Waals surface area contributed by atoms with E-state index in [0.29, 0.717) is 10.8 Å². The van der Waals surface area contributed by atoms with Gasteiger partial charge in [0, 0.05) is 43.3 Å². The summed E-state index contributed by atoms with van der Waals surface area (Å²) < 4.78 is 10.4. The highest BCUT2D eigenvalue weighted by molar-refractivity contribution is 7.08. The van der Waals surface area contributed by atoms with E-state index < -0.39 is 0 Å². The minimum Gasteiger partial charge on any atom is -0.445 e. The molecule has 0 aliphatic heterocycles. The number of halogens is 1. The molecule has 0 aliphatic rings. The predicted molar refractivity (Wildman–Crippen MR) is 106 cm³/mol. The van der Waals surface area contributed by atoms with Crippen LogP contribution in [0.3, 0.4) is 0 Å². The summed E-state index contributed by atoms with van der Waals surface area (Å²) in [6, 6.07) is 15.7. The Morgan fingerprint density at radius 2 is 1.92 bits per heavy atom. The summed E-state index contributed by atoms with van der Waals surface area (Å²) in [5.41, 5.74) is 3.65. The van der Waals surface area contributed by atoms with E-state index >= 15 is 0 Å². The zero-order valence-corrected chi connectivity index (χ0v) is 15.8. The van der Waals surface area contributed by atoms with E-state index in [4.69, 9.17) is 16.3 Å². The Morgan fingerprint density at radius 1 is 1.16 bits per heavy atom. The zero-order chi connectivity index (χ0) is 17.8. The molecule has 4 nitrogen and oxygen atoms in total. The van der Waals surface area contributed by atoms with Gasteiger partial charge in [0.2, 0.25) is 5.06 Å². The van der Waals surface area contributed by atoms with E-state index in [-0.39, 0.29) is 0 Å². The second kappa shape index (κ2) is 7.68. The fourth-order valence-electron chi connectivity index (χ4n) is 2.19. The summed E-state index contributed by atoms with van der Waals surface area (Å²) in [5.74, 6) is 0.706. The summed E-state index contributed by atoms with van der Waals surface area (Å²) in [6.07, 6.45) is 1.72. The standard InChI is InChI=1S/C19H18ClN3OS/c1-13-9-17(21-12-23(2)3)15(20)10-18(13)24-19-11-16(22-25-19)14-7-5-4-6-8-14/h4-12H,1-3H3. The third-order valence-corrected chi connectivity index (χ3v) is 4.41. The van der Waals surface area contributed by atoms with Gasteiger partial charge in [-0.05, 0) is 18.6 Å². The summed E-state index contributed by atoms with van der Waals surface area (Å²) in [4.78, 5) is 6.22. The highest BCUT2D eigenvalue weighted by Gasteiger charge is 2.10. The topological polar surface area (TPSA) is 37.7 Å². The molecule has 1 heterocycles. The van der Waals surface area contributed by atoms with Gasteiger partial charge >= 0.3 is 0 Å². The lowest BCUT2D eigenvalue weighted by atomic mass is 10.2. The van der Waals surface area contributed by atoms with Gasteiger partial charge in [0.25, 0.3) is 0 Å². The minimum atomic E-state index is 0.548. The van der Waals surface area contributed by atoms with Crippen LogP contribution in [0.1, 0.15) is 5.56 Å². The van der Waals surface area contributed by atoms with Crippen molar-refractivity contribution < 1.29 is 4.74 Å². The van der Waals surface area contributed by atoms with Crippen molar-refractivity contribution >= 4 is 35.2 Å². The molecule has 0 saturated heterocycles. The maximum absolute atomic E-state index is 6.33. The van der Waals surface area contributed by atoms with E-state index in [9.17, 15) is 0 Å². The van der Waals surface area contributed by atoms with Crippen LogP contribution in [0.4, 0.5) is 5.69 Å². The monoisotopic (exact) mass is 371 g/mol. The molecule has 0 fully saturated rings. The van der Waals surface area contributed by atoms with Crippen molar-refractivity contribution in [1.82, 2.24) is 9.27 Å². The molecular weight excluding hydrogens is 354 g/mol. The molecule has 0 unspecified atom stereocenters. The second-order valence-corrected chi connectivity index (χ2v) is 6.95. The highest BCUT2D eigenvalue weighted by atomic mass is 35.5. The quantitative estimate of drug-likeness (QED) is 0.421. The number of hydrogen-bond acceptors (Lipinski definition) is 4. The number of hydrogen-bond donors (Lipinski definition) is 0. The van der Waals surface area contributed by atoms with E-state index in [1.165, 1.54) is 11.5 Å². The summed E-state index contributed by atoms with van der Waals surface area (Å²) >= 11 is 7.65. The Bertz CT molecular complexity index is 891. The molecule has 0 atom stereocenters. The molecule has 0 aliphatic carbocycles. The van der Waals surface area contributed by atoms with Crippen molar-refractivity contribution in [3.63, 3.8) is 0 Å². The Hall–Kier alpha value is -2.37. The van der Waals surface area contributed by atoms with E-state index in [2.05, 4.69) is 9.37 Å². The molecule has 0 saturated carbocycles. The average Bonchev–Trinajstić information content (AvgIpc) is 3.06. The predicted octanol–water partition coefficient (Wildman–Crippen LogP) is 5.79. The molecule has 128 valence electrons. The Kier molecular flexibility index (Phi) is 5.36. The molecule has 0 spiro atoms. The summed E-state index contributed by atoms with van der Waals surface area (Å²) in [6.45, 7) is 1.97. The molecule has 6 heteroatoms. The molecule has 0 amide bonds. The lowest BCUT2D eigenvalue weighted by molar-refractivity contribution is 0.493. The van der Waals surface area contributed by atoms with Crippen LogP contribution >= 0.6 is 23.1 Å². The highest BCUT2D eigenvalue weighted by Crippen LogP contribution is 2.37. The summed E-state index contributed by atoms with van der Waals surface area (Å²) in [5, 5.41) is 1.27. The lowest BCUT2D eigenvalue weighted by Gasteiger charge is -2.09. The van der Waals surface area contributed by atoms with Crippen LogP contribution in [0, 0.1) is 6.92 Å². The normalized spacial score (nSPS) is 11.0. The van der Waals surface area contributed by atoms with Gasteiger partial charge in [-0.2, -0.15) is 4.37 Å². The van der Waals surface area contributed by atoms with Crippen LogP contribution in [-0.4, -0.2) is 29.7 Å². The minimum absolute atomic E-state index is 0.548. The van der Waals surface area contributed by atoms with Crippen molar-refractivity contribution in [2.24, 2.45) is 4.99 Å². The Morgan fingerprint density at radius 3 is 2.64 bits per heavy atom. The molecule has 3 rings (SSSR count). The second-order valence-electron chi connectivity index (χ2n) is 5.78. The van der Waals surface area contributed by atoms with Gasteiger partial charge in [-0.3, -0.25) is 0 Å². The Labute approximate surface area is 156 Å². The van der Waals surface area contributed by atoms with Crippen LogP contribution in [0.5, 0.6) is 10.8 Å². The van der Waals surface area contributed by atoms with Crippen molar-refractivity contribution in [2.45, 2.75) is 6.92 Å². The fraction of sp³-hybridized carbons (Fsp3) is 0.158. The van der Waals surface area contributed by atoms with Crippen molar-refractivity contribution in [3.05, 3.63) is 59.1 Å². The Balaban J connectivity index is 1.82. The summed E-state index contributed by atoms with van der Waals surface area (Å²) in [7, 11) is 3.83. The molecule has 1 aromatic heterocycles. The number of aryl methyl sites for hydroxylation is 1. The third-order valence-electron chi connectivity index (χ3n) is 3.44. The number of benzene rings is 2. The first-order valence-corrected chi connectivity index (χ1v) is 8.89. The smallest absolute Gasteiger partial charge is 0.200 e. The lowest BCUT2D eigenvalue weighted by Crippen LogP contribution is -2.07. The van der Waals surface area contributed by atoms with E-state index in [0.717, 1.165) is 27.6 Å². The van der Waals surface area contributed by atoms with Crippen molar-refractivity contribution in [3.8, 4) is 22.1 Å². The largest absolute Gasteiger partial charge is 0.445 e. The number of aliphatic imine (C=N–C) groups is 1. The number of aromatic nitrogens is 1.